The fourth-order valence-corrected chi connectivity index (χ4v) is 12.4. The van der Waals surface area contributed by atoms with E-state index >= 15 is 8.78 Å². The lowest BCUT2D eigenvalue weighted by molar-refractivity contribution is -0.136. The van der Waals surface area contributed by atoms with Crippen LogP contribution in [0, 0.1) is 23.0 Å². The van der Waals surface area contributed by atoms with E-state index in [-0.39, 0.29) is 65.1 Å². The van der Waals surface area contributed by atoms with Crippen molar-refractivity contribution in [1.29, 1.82) is 0 Å². The third-order valence-electron chi connectivity index (χ3n) is 16.4. The Balaban J connectivity index is 0.681. The van der Waals surface area contributed by atoms with E-state index in [1.165, 1.54) is 11.0 Å². The summed E-state index contributed by atoms with van der Waals surface area (Å²) in [4.78, 5) is 62.8. The highest BCUT2D eigenvalue weighted by molar-refractivity contribution is 6.06. The molecule has 3 aromatic carbocycles. The average molecular weight is 955 g/mol. The zero-order valence-electron chi connectivity index (χ0n) is 39.7. The van der Waals surface area contributed by atoms with Crippen molar-refractivity contribution in [1.82, 2.24) is 40.3 Å². The molecule has 5 saturated heterocycles. The summed E-state index contributed by atoms with van der Waals surface area (Å²) in [6.45, 7) is 11.2. The van der Waals surface area contributed by atoms with E-state index < -0.39 is 23.6 Å². The monoisotopic (exact) mass is 954 g/mol. The van der Waals surface area contributed by atoms with Crippen LogP contribution < -0.4 is 25.2 Å². The van der Waals surface area contributed by atoms with E-state index in [1.54, 1.807) is 24.4 Å². The third-order valence-corrected chi connectivity index (χ3v) is 16.4. The van der Waals surface area contributed by atoms with Crippen molar-refractivity contribution in [3.05, 3.63) is 77.0 Å². The Morgan fingerprint density at radius 2 is 1.66 bits per heavy atom. The second kappa shape index (κ2) is 18.0. The molecular weight excluding hydrogens is 895 g/mol. The van der Waals surface area contributed by atoms with Gasteiger partial charge in [-0.3, -0.25) is 29.6 Å². The molecule has 0 radical (unpaired) electrons. The Bertz CT molecular complexity index is 2910. The lowest BCUT2D eigenvalue weighted by Gasteiger charge is -2.40. The Hall–Kier alpha value is -6.04. The molecule has 8 heterocycles. The Morgan fingerprint density at radius 1 is 0.871 bits per heavy atom. The summed E-state index contributed by atoms with van der Waals surface area (Å²) in [6.07, 6.45) is 9.35. The van der Waals surface area contributed by atoms with Gasteiger partial charge in [-0.05, 0) is 117 Å². The molecule has 0 spiro atoms. The largest absolute Gasteiger partial charge is 0.508 e. The molecule has 2 bridgehead atoms. The number of rotatable bonds is 12. The van der Waals surface area contributed by atoms with Gasteiger partial charge in [0.1, 0.15) is 34.6 Å². The van der Waals surface area contributed by atoms with Crippen LogP contribution in [0.1, 0.15) is 79.8 Å². The number of carbonyl (C=O) groups is 3. The molecule has 2 unspecified atom stereocenters. The molecule has 5 aromatic rings. The molecule has 70 heavy (non-hydrogen) atoms. The van der Waals surface area contributed by atoms with Gasteiger partial charge in [-0.15, -0.1) is 0 Å². The maximum absolute atomic E-state index is 17.2. The molecule has 1 aliphatic carbocycles. The first kappa shape index (κ1) is 45.1. The number of halogens is 2. The van der Waals surface area contributed by atoms with Gasteiger partial charge < -0.3 is 34.8 Å². The topological polar surface area (TPSA) is 160 Å². The van der Waals surface area contributed by atoms with Crippen LogP contribution >= 0.6 is 0 Å². The predicted octanol–water partition coefficient (Wildman–Crippen LogP) is 5.79. The van der Waals surface area contributed by atoms with Crippen LogP contribution in [0.4, 0.5) is 20.3 Å². The standard InChI is InChI=1S/C53H60F2N10O5/c1-2-32-4-3-5-33-20-37(66)22-39(45(32)33)47-46(55)48-40(24-56-47)49(64-27-35-6-7-36(28-64)57-35)60-52(59-48)70-30-53(12-13-53)29-62-14-10-31(11-15-62)25-61-16-18-63(19-17-61)43-21-34-26-65(51(69)38(34)23-41(43)54)42-8-9-44(67)58-50(42)68/h3-5,20-24,31,35-36,42,57,66H,2,6-19,25-30H2,1H3,(H,58,67,68)/t35?,36?,42-/m0/s1. The minimum atomic E-state index is -0.733. The number of piperidine rings is 2. The van der Waals surface area contributed by atoms with Crippen LogP contribution in [0.25, 0.3) is 32.9 Å². The number of benzene rings is 3. The second-order valence-corrected chi connectivity index (χ2v) is 21.1. The minimum absolute atomic E-state index is 0.0157. The number of likely N-dealkylation sites (tertiary alicyclic amines) is 1. The quantitative estimate of drug-likeness (QED) is 0.129. The highest BCUT2D eigenvalue weighted by Crippen LogP contribution is 2.47. The summed E-state index contributed by atoms with van der Waals surface area (Å²) >= 11 is 0. The maximum atomic E-state index is 17.2. The summed E-state index contributed by atoms with van der Waals surface area (Å²) in [6, 6.07) is 12.4. The zero-order chi connectivity index (χ0) is 47.8. The first-order valence-electron chi connectivity index (χ1n) is 25.4. The number of aromatic nitrogens is 3. The summed E-state index contributed by atoms with van der Waals surface area (Å²) < 4.78 is 39.3. The van der Waals surface area contributed by atoms with Gasteiger partial charge in [0.15, 0.2) is 5.82 Å². The highest BCUT2D eigenvalue weighted by Gasteiger charge is 2.46. The predicted molar refractivity (Wildman–Crippen MR) is 261 cm³/mol. The van der Waals surface area contributed by atoms with E-state index in [1.807, 2.05) is 18.2 Å². The summed E-state index contributed by atoms with van der Waals surface area (Å²) in [5, 5.41) is 19.0. The molecule has 1 saturated carbocycles. The van der Waals surface area contributed by atoms with Crippen molar-refractivity contribution in [2.75, 3.05) is 81.9 Å². The number of nitrogens with one attached hydrogen (secondary N) is 2. The number of hydrogen-bond donors (Lipinski definition) is 3. The normalized spacial score (nSPS) is 24.0. The van der Waals surface area contributed by atoms with Crippen molar-refractivity contribution in [2.24, 2.45) is 11.3 Å². The molecule has 12 rings (SSSR count). The van der Waals surface area contributed by atoms with E-state index in [9.17, 15) is 19.5 Å². The van der Waals surface area contributed by atoms with Crippen LogP contribution in [0.5, 0.6) is 11.8 Å². The van der Waals surface area contributed by atoms with Gasteiger partial charge >= 0.3 is 6.01 Å². The first-order chi connectivity index (χ1) is 34.0. The molecule has 6 aliphatic heterocycles. The van der Waals surface area contributed by atoms with E-state index in [0.717, 1.165) is 114 Å². The van der Waals surface area contributed by atoms with Crippen molar-refractivity contribution < 1.29 is 33.0 Å². The SMILES string of the molecule is CCc1cccc2cc(O)cc(-c3ncc4c(N5CC6CCC(C5)N6)nc(OCC5(CN6CCC(CN7CCN(c8cc9c(cc8F)C(=O)N([C@H]8CCC(=O)NC8=O)C9)CC7)CC6)CC5)nc4c3F)c12. The lowest BCUT2D eigenvalue weighted by atomic mass is 9.94. The number of carbonyl (C=O) groups excluding carboxylic acids is 3. The molecular formula is C53H60F2N10O5. The smallest absolute Gasteiger partial charge is 0.319 e. The third kappa shape index (κ3) is 8.46. The number of aromatic hydroxyl groups is 1. The lowest BCUT2D eigenvalue weighted by Crippen LogP contribution is -2.52. The number of imide groups is 1. The van der Waals surface area contributed by atoms with Crippen LogP contribution in [0.2, 0.25) is 0 Å². The average Bonchev–Trinajstić information content (AvgIpc) is 3.94. The number of piperazine rings is 2. The summed E-state index contributed by atoms with van der Waals surface area (Å²) in [5.74, 6) is -0.906. The minimum Gasteiger partial charge on any atom is -0.508 e. The number of amides is 3. The van der Waals surface area contributed by atoms with Gasteiger partial charge in [0, 0.05) is 100 Å². The summed E-state index contributed by atoms with van der Waals surface area (Å²) in [7, 11) is 0. The molecule has 17 heteroatoms. The maximum Gasteiger partial charge on any atom is 0.319 e. The number of aryl methyl sites for hydroxylation is 1. The van der Waals surface area contributed by atoms with Gasteiger partial charge in [-0.2, -0.15) is 9.97 Å². The van der Waals surface area contributed by atoms with Gasteiger partial charge in [0.05, 0.1) is 17.7 Å². The van der Waals surface area contributed by atoms with Crippen molar-refractivity contribution in [3.8, 4) is 23.0 Å². The van der Waals surface area contributed by atoms with Crippen LogP contribution in [-0.2, 0) is 22.6 Å². The van der Waals surface area contributed by atoms with Gasteiger partial charge in [0.25, 0.3) is 5.91 Å². The molecule has 6 fully saturated rings. The number of phenols is 1. The first-order valence-corrected chi connectivity index (χ1v) is 25.4. The van der Waals surface area contributed by atoms with E-state index in [4.69, 9.17) is 19.7 Å². The molecule has 2 aromatic heterocycles. The molecule has 366 valence electrons. The Labute approximate surface area is 405 Å². The van der Waals surface area contributed by atoms with Crippen LogP contribution in [0.15, 0.2) is 48.7 Å². The number of hydrogen-bond acceptors (Lipinski definition) is 13. The Kier molecular flexibility index (Phi) is 11.6. The van der Waals surface area contributed by atoms with Gasteiger partial charge in [-0.1, -0.05) is 25.1 Å². The van der Waals surface area contributed by atoms with Crippen LogP contribution in [0.3, 0.4) is 0 Å². The van der Waals surface area contributed by atoms with Gasteiger partial charge in [0.2, 0.25) is 11.8 Å². The van der Waals surface area contributed by atoms with Crippen molar-refractivity contribution in [2.45, 2.75) is 89.4 Å². The number of nitrogens with zero attached hydrogens (tertiary/aromatic N) is 8. The van der Waals surface area contributed by atoms with Crippen molar-refractivity contribution >= 4 is 50.9 Å². The number of ether oxygens (including phenoxy) is 1. The second-order valence-electron chi connectivity index (χ2n) is 21.1. The van der Waals surface area contributed by atoms with Crippen LogP contribution in [-0.4, -0.2) is 143 Å². The highest BCUT2D eigenvalue weighted by atomic mass is 19.1. The Morgan fingerprint density at radius 3 is 2.40 bits per heavy atom. The van der Waals surface area contributed by atoms with Crippen molar-refractivity contribution in [3.63, 3.8) is 0 Å². The number of fused-ring (bicyclic) bond motifs is 5. The fourth-order valence-electron chi connectivity index (χ4n) is 12.4. The van der Waals surface area contributed by atoms with Gasteiger partial charge in [-0.25, -0.2) is 8.78 Å². The fraction of sp³-hybridized carbons (Fsp3) is 0.509. The summed E-state index contributed by atoms with van der Waals surface area (Å²) in [5.41, 5.74) is 3.36. The van der Waals surface area contributed by atoms with E-state index in [2.05, 4.69) is 37.2 Å². The van der Waals surface area contributed by atoms with E-state index in [0.29, 0.717) is 65.7 Å². The molecule has 15 nitrogen and oxygen atoms in total. The molecule has 3 atom stereocenters. The molecule has 3 N–H and O–H groups in total. The number of anilines is 2. The number of pyridine rings is 1. The molecule has 3 amide bonds. The zero-order valence-corrected chi connectivity index (χ0v) is 39.7. The molecule has 7 aliphatic rings. The number of phenolic OH excluding ortho intramolecular Hbond substituents is 1.